The molecule has 0 atom stereocenters. The third-order valence-electron chi connectivity index (χ3n) is 2.67. The fourth-order valence-electron chi connectivity index (χ4n) is 1.87. The molecule has 0 saturated carbocycles. The highest BCUT2D eigenvalue weighted by Gasteiger charge is 2.17. The molecule has 0 aromatic heterocycles. The Morgan fingerprint density at radius 2 is 1.62 bits per heavy atom. The van der Waals surface area contributed by atoms with Crippen LogP contribution in [0.2, 0.25) is 0 Å². The van der Waals surface area contributed by atoms with Crippen LogP contribution in [0.3, 0.4) is 0 Å². The van der Waals surface area contributed by atoms with E-state index in [-0.39, 0.29) is 5.97 Å². The van der Waals surface area contributed by atoms with E-state index >= 15 is 0 Å². The summed E-state index contributed by atoms with van der Waals surface area (Å²) in [6.45, 7) is 1.40. The fraction of sp³-hybridized carbons (Fsp3) is 0.0714. The summed E-state index contributed by atoms with van der Waals surface area (Å²) < 4.78 is 4.98. The number of hydrogen-bond acceptors (Lipinski definition) is 2. The van der Waals surface area contributed by atoms with E-state index in [4.69, 9.17) is 4.74 Å². The van der Waals surface area contributed by atoms with Crippen molar-refractivity contribution >= 4 is 5.97 Å². The normalized spacial score (nSPS) is 11.1. The second-order valence-electron chi connectivity index (χ2n) is 3.88. The van der Waals surface area contributed by atoms with Crippen LogP contribution < -0.4 is 4.74 Å². The van der Waals surface area contributed by atoms with Crippen LogP contribution in [0, 0.1) is 0 Å². The smallest absolute Gasteiger partial charge is 0.308 e. The molecule has 1 aromatic carbocycles. The van der Waals surface area contributed by atoms with Crippen LogP contribution in [0.4, 0.5) is 0 Å². The lowest BCUT2D eigenvalue weighted by Gasteiger charge is -2.02. The maximum atomic E-state index is 10.8. The van der Waals surface area contributed by atoms with Gasteiger partial charge in [0.1, 0.15) is 5.75 Å². The molecule has 0 radical (unpaired) electrons. The topological polar surface area (TPSA) is 26.3 Å². The van der Waals surface area contributed by atoms with Gasteiger partial charge in [-0.1, -0.05) is 24.3 Å². The van der Waals surface area contributed by atoms with Gasteiger partial charge in [0.05, 0.1) is 0 Å². The summed E-state index contributed by atoms with van der Waals surface area (Å²) in [5, 5.41) is 0. The van der Waals surface area contributed by atoms with Crippen molar-refractivity contribution in [3.63, 3.8) is 0 Å². The van der Waals surface area contributed by atoms with E-state index < -0.39 is 0 Å². The zero-order valence-corrected chi connectivity index (χ0v) is 8.86. The van der Waals surface area contributed by atoms with Crippen molar-refractivity contribution in [3.05, 3.63) is 42.5 Å². The lowest BCUT2D eigenvalue weighted by Crippen LogP contribution is -2.00. The molecule has 0 unspecified atom stereocenters. The summed E-state index contributed by atoms with van der Waals surface area (Å²) in [4.78, 5) is 10.8. The summed E-state index contributed by atoms with van der Waals surface area (Å²) in [5.41, 5.74) is 5.08. The van der Waals surface area contributed by atoms with Gasteiger partial charge in [-0.3, -0.25) is 4.79 Å². The molecule has 0 N–H and O–H groups in total. The van der Waals surface area contributed by atoms with Crippen molar-refractivity contribution in [2.45, 2.75) is 6.92 Å². The number of benzene rings is 2. The molecule has 1 aromatic rings. The van der Waals surface area contributed by atoms with Crippen molar-refractivity contribution in [1.29, 1.82) is 0 Å². The minimum absolute atomic E-state index is 0.290. The van der Waals surface area contributed by atoms with Gasteiger partial charge in [0.25, 0.3) is 0 Å². The number of ether oxygens (including phenoxy) is 1. The number of esters is 1. The molecule has 0 saturated heterocycles. The molecule has 2 nitrogen and oxygen atoms in total. The molecular weight excluding hydrogens is 200 g/mol. The molecule has 0 heterocycles. The fourth-order valence-corrected chi connectivity index (χ4v) is 1.87. The first-order chi connectivity index (χ1) is 7.74. The van der Waals surface area contributed by atoms with Crippen molar-refractivity contribution in [2.75, 3.05) is 0 Å². The van der Waals surface area contributed by atoms with Crippen LogP contribution in [-0.2, 0) is 4.79 Å². The molecule has 0 amide bonds. The van der Waals surface area contributed by atoms with Crippen molar-refractivity contribution < 1.29 is 9.53 Å². The first-order valence-electron chi connectivity index (χ1n) is 5.17. The van der Waals surface area contributed by atoms with Crippen LogP contribution in [0.1, 0.15) is 6.92 Å². The van der Waals surface area contributed by atoms with Gasteiger partial charge >= 0.3 is 5.97 Å². The average molecular weight is 210 g/mol. The van der Waals surface area contributed by atoms with Gasteiger partial charge in [0.15, 0.2) is 0 Å². The quantitative estimate of drug-likeness (QED) is 0.479. The Labute approximate surface area is 93.5 Å². The van der Waals surface area contributed by atoms with E-state index in [1.807, 2.05) is 24.3 Å². The number of rotatable bonds is 2. The average Bonchev–Trinajstić information content (AvgIpc) is 2.91. The van der Waals surface area contributed by atoms with Crippen LogP contribution >= 0.6 is 0 Å². The molecule has 0 bridgehead atoms. The molecule has 3 rings (SSSR count). The SMILES string of the molecule is CC(=O)Oc1ccc(-c2ccc3cc2-3)cc1. The Morgan fingerprint density at radius 3 is 2.12 bits per heavy atom. The standard InChI is InChI=1S/C14H10O2/c1-9(15)16-12-5-2-10(3-6-12)13-7-4-11-8-14(11)13/h2-8H,1H3. The molecule has 2 aliphatic carbocycles. The molecule has 78 valence electrons. The minimum Gasteiger partial charge on any atom is -0.427 e. The summed E-state index contributed by atoms with van der Waals surface area (Å²) in [7, 11) is 0. The van der Waals surface area contributed by atoms with Crippen LogP contribution in [-0.4, -0.2) is 5.97 Å². The Hall–Kier alpha value is -2.09. The highest BCUT2D eigenvalue weighted by atomic mass is 16.5. The monoisotopic (exact) mass is 210 g/mol. The van der Waals surface area contributed by atoms with E-state index in [0.717, 1.165) is 5.56 Å². The lowest BCUT2D eigenvalue weighted by atomic mass is 10.1. The Morgan fingerprint density at radius 1 is 0.938 bits per heavy atom. The van der Waals surface area contributed by atoms with Crippen molar-refractivity contribution in [2.24, 2.45) is 0 Å². The van der Waals surface area contributed by atoms with E-state index in [1.165, 1.54) is 23.6 Å². The Kier molecular flexibility index (Phi) is 1.83. The second kappa shape index (κ2) is 3.20. The van der Waals surface area contributed by atoms with Gasteiger partial charge in [-0.15, -0.1) is 0 Å². The van der Waals surface area contributed by atoms with Crippen molar-refractivity contribution in [3.8, 4) is 28.0 Å². The van der Waals surface area contributed by atoms with E-state index in [9.17, 15) is 4.79 Å². The van der Waals surface area contributed by atoms with E-state index in [2.05, 4.69) is 18.2 Å². The molecule has 2 aliphatic rings. The first-order valence-corrected chi connectivity index (χ1v) is 5.17. The highest BCUT2D eigenvalue weighted by Crippen LogP contribution is 2.43. The third kappa shape index (κ3) is 1.48. The molecule has 2 heteroatoms. The highest BCUT2D eigenvalue weighted by molar-refractivity contribution is 5.96. The number of fused-ring (bicyclic) bond motifs is 1. The minimum atomic E-state index is -0.290. The summed E-state index contributed by atoms with van der Waals surface area (Å²) in [6, 6.07) is 14.0. The van der Waals surface area contributed by atoms with Crippen LogP contribution in [0.25, 0.3) is 22.3 Å². The van der Waals surface area contributed by atoms with Gasteiger partial charge in [-0.25, -0.2) is 0 Å². The van der Waals surface area contributed by atoms with Gasteiger partial charge in [-0.05, 0) is 40.5 Å². The van der Waals surface area contributed by atoms with E-state index in [0.29, 0.717) is 5.75 Å². The zero-order chi connectivity index (χ0) is 11.1. The Balaban J connectivity index is 1.88. The van der Waals surface area contributed by atoms with Crippen LogP contribution in [0.15, 0.2) is 42.5 Å². The summed E-state index contributed by atoms with van der Waals surface area (Å²) in [5.74, 6) is 0.300. The second-order valence-corrected chi connectivity index (χ2v) is 3.88. The Bertz CT molecular complexity index is 568. The lowest BCUT2D eigenvalue weighted by molar-refractivity contribution is -0.131. The maximum Gasteiger partial charge on any atom is 0.308 e. The predicted molar refractivity (Wildman–Crippen MR) is 62.2 cm³/mol. The summed E-state index contributed by atoms with van der Waals surface area (Å²) in [6.07, 6.45) is 0. The first kappa shape index (κ1) is 9.16. The zero-order valence-electron chi connectivity index (χ0n) is 8.86. The largest absolute Gasteiger partial charge is 0.427 e. The molecule has 0 spiro atoms. The molecule has 16 heavy (non-hydrogen) atoms. The van der Waals surface area contributed by atoms with Gasteiger partial charge in [0, 0.05) is 6.92 Å². The van der Waals surface area contributed by atoms with Gasteiger partial charge in [-0.2, -0.15) is 0 Å². The molecular formula is C14H10O2. The molecule has 0 aliphatic heterocycles. The molecule has 0 fully saturated rings. The van der Waals surface area contributed by atoms with E-state index in [1.54, 1.807) is 0 Å². The van der Waals surface area contributed by atoms with Gasteiger partial charge in [0.2, 0.25) is 0 Å². The third-order valence-corrected chi connectivity index (χ3v) is 2.67. The number of hydrogen-bond donors (Lipinski definition) is 0. The van der Waals surface area contributed by atoms with Crippen LogP contribution in [0.5, 0.6) is 5.75 Å². The van der Waals surface area contributed by atoms with Gasteiger partial charge < -0.3 is 4.74 Å². The number of carbonyl (C=O) groups excluding carboxylic acids is 1. The van der Waals surface area contributed by atoms with Crippen molar-refractivity contribution in [1.82, 2.24) is 0 Å². The number of carbonyl (C=O) groups is 1. The predicted octanol–water partition coefficient (Wildman–Crippen LogP) is 3.26. The summed E-state index contributed by atoms with van der Waals surface area (Å²) >= 11 is 0. The maximum absolute atomic E-state index is 10.8.